The summed E-state index contributed by atoms with van der Waals surface area (Å²) in [5.41, 5.74) is 4.67. The zero-order valence-corrected chi connectivity index (χ0v) is 22.8. The Bertz CT molecular complexity index is 1470. The van der Waals surface area contributed by atoms with Gasteiger partial charge in [0.25, 0.3) is 5.56 Å². The molecule has 1 aromatic carbocycles. The van der Waals surface area contributed by atoms with E-state index < -0.39 is 6.04 Å². The molecule has 2 aliphatic rings. The van der Waals surface area contributed by atoms with Crippen LogP contribution < -0.4 is 5.56 Å². The van der Waals surface area contributed by atoms with Crippen LogP contribution in [0.5, 0.6) is 0 Å². The van der Waals surface area contributed by atoms with E-state index in [1.54, 1.807) is 6.20 Å². The van der Waals surface area contributed by atoms with Crippen molar-refractivity contribution in [2.75, 3.05) is 13.2 Å². The monoisotopic (exact) mass is 527 g/mol. The van der Waals surface area contributed by atoms with Gasteiger partial charge in [0.15, 0.2) is 5.82 Å². The fourth-order valence-corrected chi connectivity index (χ4v) is 6.30. The van der Waals surface area contributed by atoms with Gasteiger partial charge in [-0.15, -0.1) is 5.10 Å². The number of nitrogens with one attached hydrogen (secondary N) is 1. The second kappa shape index (κ2) is 11.4. The molecular formula is C30H37N7O2. The summed E-state index contributed by atoms with van der Waals surface area (Å²) < 4.78 is 8.11. The second-order valence-corrected chi connectivity index (χ2v) is 11.1. The Kier molecular flexibility index (Phi) is 7.52. The number of ether oxygens (including phenoxy) is 1. The number of benzene rings is 1. The van der Waals surface area contributed by atoms with E-state index in [1.165, 1.54) is 19.3 Å². The number of hydrogen-bond acceptors (Lipinski definition) is 7. The van der Waals surface area contributed by atoms with Crippen LogP contribution in [-0.2, 0) is 11.3 Å². The number of hydrogen-bond donors (Lipinski definition) is 1. The van der Waals surface area contributed by atoms with Gasteiger partial charge >= 0.3 is 0 Å². The van der Waals surface area contributed by atoms with E-state index in [0.29, 0.717) is 18.7 Å². The van der Waals surface area contributed by atoms with Crippen LogP contribution in [0.3, 0.4) is 0 Å². The smallest absolute Gasteiger partial charge is 0.253 e. The minimum atomic E-state index is -0.445. The van der Waals surface area contributed by atoms with Gasteiger partial charge in [0.1, 0.15) is 6.04 Å². The van der Waals surface area contributed by atoms with Crippen molar-refractivity contribution < 1.29 is 4.74 Å². The van der Waals surface area contributed by atoms with Crippen molar-refractivity contribution >= 4 is 10.9 Å². The standard InChI is InChI=1S/C30H37N7O2/c1-20-12-13-21(2)27-25(20)16-26(30(38)32-27)28(29-33-34-35-37(29)23-9-4-3-5-10-23)36(19-24-11-7-15-39-24)18-22-8-6-14-31-17-22/h6,8,12-14,16-17,23-24,28H,3-5,7,9-11,15,18-19H2,1-2H3,(H,32,38)/t24-,28+/m0/s1. The van der Waals surface area contributed by atoms with Crippen LogP contribution in [0.15, 0.2) is 47.5 Å². The summed E-state index contributed by atoms with van der Waals surface area (Å²) in [4.78, 5) is 23.8. The lowest BCUT2D eigenvalue weighted by Gasteiger charge is -2.34. The first-order valence-corrected chi connectivity index (χ1v) is 14.2. The van der Waals surface area contributed by atoms with Crippen LogP contribution in [0.2, 0.25) is 0 Å². The summed E-state index contributed by atoms with van der Waals surface area (Å²) in [5.74, 6) is 0.721. The predicted molar refractivity (Wildman–Crippen MR) is 149 cm³/mol. The third-order valence-electron chi connectivity index (χ3n) is 8.39. The topological polar surface area (TPSA) is 102 Å². The highest BCUT2D eigenvalue weighted by Gasteiger charge is 2.35. The molecule has 0 radical (unpaired) electrons. The molecule has 9 heteroatoms. The van der Waals surface area contributed by atoms with Gasteiger partial charge in [0.05, 0.1) is 17.7 Å². The molecule has 4 aromatic rings. The molecule has 3 aromatic heterocycles. The van der Waals surface area contributed by atoms with Crippen LogP contribution >= 0.6 is 0 Å². The molecule has 2 fully saturated rings. The molecule has 1 aliphatic heterocycles. The molecule has 1 saturated heterocycles. The van der Waals surface area contributed by atoms with Gasteiger partial charge in [-0.3, -0.25) is 14.7 Å². The van der Waals surface area contributed by atoms with Crippen LogP contribution in [0, 0.1) is 13.8 Å². The first-order chi connectivity index (χ1) is 19.1. The van der Waals surface area contributed by atoms with E-state index in [4.69, 9.17) is 4.74 Å². The van der Waals surface area contributed by atoms with E-state index in [9.17, 15) is 4.79 Å². The number of tetrazole rings is 1. The van der Waals surface area contributed by atoms with Gasteiger partial charge in [0.2, 0.25) is 0 Å². The molecule has 9 nitrogen and oxygen atoms in total. The van der Waals surface area contributed by atoms with Crippen LogP contribution in [0.25, 0.3) is 10.9 Å². The molecule has 0 bridgehead atoms. The second-order valence-electron chi connectivity index (χ2n) is 11.1. The van der Waals surface area contributed by atoms with Gasteiger partial charge in [-0.2, -0.15) is 0 Å². The summed E-state index contributed by atoms with van der Waals surface area (Å²) in [6, 6.07) is 10.1. The number of rotatable bonds is 8. The largest absolute Gasteiger partial charge is 0.377 e. The first kappa shape index (κ1) is 25.8. The molecule has 0 amide bonds. The quantitative estimate of drug-likeness (QED) is 0.351. The molecule has 1 saturated carbocycles. The summed E-state index contributed by atoms with van der Waals surface area (Å²) in [6.07, 6.45) is 11.5. The highest BCUT2D eigenvalue weighted by atomic mass is 16.5. The lowest BCUT2D eigenvalue weighted by Crippen LogP contribution is -2.39. The number of aromatic amines is 1. The number of pyridine rings is 2. The average molecular weight is 528 g/mol. The van der Waals surface area contributed by atoms with E-state index in [1.807, 2.05) is 23.9 Å². The molecular weight excluding hydrogens is 490 g/mol. The van der Waals surface area contributed by atoms with Crippen molar-refractivity contribution in [2.24, 2.45) is 0 Å². The fraction of sp³-hybridized carbons (Fsp3) is 0.500. The number of nitrogens with zero attached hydrogens (tertiary/aromatic N) is 6. The van der Waals surface area contributed by atoms with E-state index in [-0.39, 0.29) is 17.7 Å². The minimum absolute atomic E-state index is 0.0895. The maximum absolute atomic E-state index is 13.9. The fourth-order valence-electron chi connectivity index (χ4n) is 6.30. The Morgan fingerprint density at radius 3 is 2.72 bits per heavy atom. The van der Waals surface area contributed by atoms with Crippen LogP contribution in [0.1, 0.15) is 85.1 Å². The maximum atomic E-state index is 13.9. The van der Waals surface area contributed by atoms with Crippen molar-refractivity contribution in [3.8, 4) is 0 Å². The maximum Gasteiger partial charge on any atom is 0.253 e. The lowest BCUT2D eigenvalue weighted by molar-refractivity contribution is 0.0567. The van der Waals surface area contributed by atoms with E-state index in [2.05, 4.69) is 61.6 Å². The third kappa shape index (κ3) is 5.38. The van der Waals surface area contributed by atoms with Crippen LogP contribution in [0.4, 0.5) is 0 Å². The molecule has 39 heavy (non-hydrogen) atoms. The molecule has 6 rings (SSSR count). The molecule has 2 atom stereocenters. The van der Waals surface area contributed by atoms with Gasteiger partial charge < -0.3 is 9.72 Å². The van der Waals surface area contributed by atoms with Gasteiger partial charge in [-0.1, -0.05) is 37.5 Å². The predicted octanol–water partition coefficient (Wildman–Crippen LogP) is 4.80. The van der Waals surface area contributed by atoms with Gasteiger partial charge in [-0.05, 0) is 78.8 Å². The van der Waals surface area contributed by atoms with Crippen molar-refractivity contribution in [1.82, 2.24) is 35.1 Å². The summed E-state index contributed by atoms with van der Waals surface area (Å²) >= 11 is 0. The molecule has 1 aliphatic carbocycles. The molecule has 204 valence electrons. The lowest BCUT2D eigenvalue weighted by atomic mass is 9.94. The van der Waals surface area contributed by atoms with E-state index in [0.717, 1.165) is 65.7 Å². The zero-order chi connectivity index (χ0) is 26.8. The van der Waals surface area contributed by atoms with Crippen molar-refractivity contribution in [3.05, 3.63) is 81.2 Å². The first-order valence-electron chi connectivity index (χ1n) is 14.2. The number of aromatic nitrogens is 6. The average Bonchev–Trinajstić information content (AvgIpc) is 3.65. The van der Waals surface area contributed by atoms with Crippen LogP contribution in [-0.4, -0.2) is 54.3 Å². The number of H-pyrrole nitrogens is 1. The van der Waals surface area contributed by atoms with E-state index >= 15 is 0 Å². The molecule has 0 unspecified atom stereocenters. The molecule has 4 heterocycles. The van der Waals surface area contributed by atoms with Gasteiger partial charge in [-0.25, -0.2) is 4.68 Å². The Hall–Kier alpha value is -3.43. The Balaban J connectivity index is 1.52. The summed E-state index contributed by atoms with van der Waals surface area (Å²) in [7, 11) is 0. The minimum Gasteiger partial charge on any atom is -0.377 e. The SMILES string of the molecule is Cc1ccc(C)c2[nH]c(=O)c([C@H](c3nnnn3C3CCCCC3)N(Cc3cccnc3)C[C@@H]3CCCO3)cc12. The Labute approximate surface area is 228 Å². The number of aryl methyl sites for hydroxylation is 2. The van der Waals surface area contributed by atoms with Crippen molar-refractivity contribution in [3.63, 3.8) is 0 Å². The summed E-state index contributed by atoms with van der Waals surface area (Å²) in [6.45, 7) is 6.15. The zero-order valence-electron chi connectivity index (χ0n) is 22.8. The summed E-state index contributed by atoms with van der Waals surface area (Å²) in [5, 5.41) is 14.3. The Morgan fingerprint density at radius 2 is 1.95 bits per heavy atom. The number of fused-ring (bicyclic) bond motifs is 1. The van der Waals surface area contributed by atoms with Crippen molar-refractivity contribution in [2.45, 2.75) is 83.5 Å². The van der Waals surface area contributed by atoms with Crippen molar-refractivity contribution in [1.29, 1.82) is 0 Å². The van der Waals surface area contributed by atoms with Gasteiger partial charge in [0, 0.05) is 43.0 Å². The molecule has 1 N–H and O–H groups in total. The molecule has 0 spiro atoms. The third-order valence-corrected chi connectivity index (χ3v) is 8.39. The normalized spacial score (nSPS) is 19.2. The highest BCUT2D eigenvalue weighted by Crippen LogP contribution is 2.35. The highest BCUT2D eigenvalue weighted by molar-refractivity contribution is 5.85. The Morgan fingerprint density at radius 1 is 1.10 bits per heavy atom.